The highest BCUT2D eigenvalue weighted by Crippen LogP contribution is 2.17. The molecule has 21 heavy (non-hydrogen) atoms. The minimum absolute atomic E-state index is 0.00243. The fourth-order valence-corrected chi connectivity index (χ4v) is 2.37. The lowest BCUT2D eigenvalue weighted by atomic mass is 10.00. The van der Waals surface area contributed by atoms with E-state index in [0.717, 1.165) is 17.5 Å². The predicted molar refractivity (Wildman–Crippen MR) is 87.4 cm³/mol. The van der Waals surface area contributed by atoms with Gasteiger partial charge in [0.1, 0.15) is 0 Å². The highest BCUT2D eigenvalue weighted by molar-refractivity contribution is 6.30. The first-order chi connectivity index (χ1) is 10.1. The number of amides is 1. The summed E-state index contributed by atoms with van der Waals surface area (Å²) in [5, 5.41) is 3.66. The second-order valence-electron chi connectivity index (χ2n) is 5.06. The lowest BCUT2D eigenvalue weighted by Gasteiger charge is -2.13. The predicted octanol–water partition coefficient (Wildman–Crippen LogP) is 3.38. The third-order valence-corrected chi connectivity index (χ3v) is 3.64. The van der Waals surface area contributed by atoms with E-state index in [0.29, 0.717) is 17.3 Å². The molecule has 0 aliphatic heterocycles. The molecule has 3 nitrogen and oxygen atoms in total. The average molecular weight is 303 g/mol. The number of nitrogen functional groups attached to an aromatic ring is 1. The van der Waals surface area contributed by atoms with Crippen LogP contribution < -0.4 is 11.1 Å². The Morgan fingerprint density at radius 1 is 1.24 bits per heavy atom. The Morgan fingerprint density at radius 3 is 2.71 bits per heavy atom. The molecule has 0 spiro atoms. The summed E-state index contributed by atoms with van der Waals surface area (Å²) < 4.78 is 0. The van der Waals surface area contributed by atoms with Crippen LogP contribution >= 0.6 is 11.6 Å². The first kappa shape index (κ1) is 15.4. The Balaban J connectivity index is 1.87. The number of halogens is 1. The molecule has 0 aromatic heterocycles. The van der Waals surface area contributed by atoms with Crippen LogP contribution in [-0.2, 0) is 11.2 Å². The van der Waals surface area contributed by atoms with Gasteiger partial charge in [0.2, 0.25) is 5.91 Å². The van der Waals surface area contributed by atoms with E-state index in [1.807, 2.05) is 55.5 Å². The van der Waals surface area contributed by atoms with Crippen molar-refractivity contribution in [1.82, 2.24) is 5.32 Å². The van der Waals surface area contributed by atoms with Gasteiger partial charge < -0.3 is 11.1 Å². The molecule has 0 saturated carbocycles. The van der Waals surface area contributed by atoms with Crippen molar-refractivity contribution in [2.75, 3.05) is 12.3 Å². The van der Waals surface area contributed by atoms with Crippen LogP contribution in [0.5, 0.6) is 0 Å². The summed E-state index contributed by atoms with van der Waals surface area (Å²) in [6.45, 7) is 2.47. The molecule has 1 atom stereocenters. The number of benzene rings is 2. The Bertz CT molecular complexity index is 628. The van der Waals surface area contributed by atoms with Crippen LogP contribution in [0.2, 0.25) is 5.02 Å². The molecular weight excluding hydrogens is 284 g/mol. The molecule has 3 N–H and O–H groups in total. The Morgan fingerprint density at radius 2 is 2.00 bits per heavy atom. The van der Waals surface area contributed by atoms with Gasteiger partial charge >= 0.3 is 0 Å². The second kappa shape index (κ2) is 7.14. The van der Waals surface area contributed by atoms with Crippen LogP contribution in [0, 0.1) is 0 Å². The molecule has 0 bridgehead atoms. The van der Waals surface area contributed by atoms with E-state index in [2.05, 4.69) is 5.32 Å². The van der Waals surface area contributed by atoms with Gasteiger partial charge in [-0.25, -0.2) is 0 Å². The van der Waals surface area contributed by atoms with Crippen LogP contribution in [0.4, 0.5) is 5.69 Å². The van der Waals surface area contributed by atoms with Gasteiger partial charge in [0, 0.05) is 17.3 Å². The summed E-state index contributed by atoms with van der Waals surface area (Å²) in [7, 11) is 0. The van der Waals surface area contributed by atoms with Gasteiger partial charge in [0.05, 0.1) is 5.92 Å². The summed E-state index contributed by atoms with van der Waals surface area (Å²) in [5.74, 6) is -0.213. The monoisotopic (exact) mass is 302 g/mol. The van der Waals surface area contributed by atoms with E-state index in [-0.39, 0.29) is 11.8 Å². The number of hydrogen-bond acceptors (Lipinski definition) is 2. The average Bonchev–Trinajstić information content (AvgIpc) is 2.46. The summed E-state index contributed by atoms with van der Waals surface area (Å²) >= 11 is 5.93. The summed E-state index contributed by atoms with van der Waals surface area (Å²) in [5.41, 5.74) is 8.45. The highest BCUT2D eigenvalue weighted by atomic mass is 35.5. The van der Waals surface area contributed by atoms with Crippen LogP contribution in [0.25, 0.3) is 0 Å². The van der Waals surface area contributed by atoms with Crippen molar-refractivity contribution in [2.24, 2.45) is 0 Å². The van der Waals surface area contributed by atoms with Gasteiger partial charge in [-0.1, -0.05) is 35.9 Å². The van der Waals surface area contributed by atoms with Crippen molar-refractivity contribution < 1.29 is 4.79 Å². The minimum Gasteiger partial charge on any atom is -0.399 e. The Labute approximate surface area is 130 Å². The normalized spacial score (nSPS) is 11.9. The van der Waals surface area contributed by atoms with E-state index < -0.39 is 0 Å². The van der Waals surface area contributed by atoms with Gasteiger partial charge in [0.15, 0.2) is 0 Å². The van der Waals surface area contributed by atoms with Gasteiger partial charge in [-0.15, -0.1) is 0 Å². The number of nitrogens with two attached hydrogens (primary N) is 1. The zero-order valence-corrected chi connectivity index (χ0v) is 12.7. The zero-order valence-electron chi connectivity index (χ0n) is 12.0. The number of nitrogens with one attached hydrogen (secondary N) is 1. The van der Waals surface area contributed by atoms with E-state index in [1.54, 1.807) is 0 Å². The summed E-state index contributed by atoms with van der Waals surface area (Å²) in [6, 6.07) is 15.1. The van der Waals surface area contributed by atoms with Gasteiger partial charge in [0.25, 0.3) is 0 Å². The van der Waals surface area contributed by atoms with E-state index in [9.17, 15) is 4.79 Å². The molecule has 0 heterocycles. The van der Waals surface area contributed by atoms with Gasteiger partial charge in [-0.2, -0.15) is 0 Å². The summed E-state index contributed by atoms with van der Waals surface area (Å²) in [4.78, 5) is 12.1. The molecule has 110 valence electrons. The number of carbonyl (C=O) groups is 1. The zero-order chi connectivity index (χ0) is 15.2. The SMILES string of the molecule is CC(C(=O)NCCc1cccc(Cl)c1)c1cccc(N)c1. The number of rotatable bonds is 5. The molecule has 1 unspecified atom stereocenters. The lowest BCUT2D eigenvalue weighted by molar-refractivity contribution is -0.122. The Hall–Kier alpha value is -2.00. The molecule has 2 aromatic rings. The van der Waals surface area contributed by atoms with Crippen LogP contribution in [0.3, 0.4) is 0 Å². The number of hydrogen-bond donors (Lipinski definition) is 2. The molecule has 1 amide bonds. The maximum atomic E-state index is 12.1. The number of anilines is 1. The molecule has 2 aromatic carbocycles. The van der Waals surface area contributed by atoms with E-state index in [4.69, 9.17) is 17.3 Å². The third kappa shape index (κ3) is 4.50. The Kier molecular flexibility index (Phi) is 5.23. The fraction of sp³-hybridized carbons (Fsp3) is 0.235. The van der Waals surface area contributed by atoms with Gasteiger partial charge in [-0.05, 0) is 48.7 Å². The fourth-order valence-electron chi connectivity index (χ4n) is 2.16. The minimum atomic E-state index is -0.215. The number of carbonyl (C=O) groups excluding carboxylic acids is 1. The molecule has 0 radical (unpaired) electrons. The van der Waals surface area contributed by atoms with E-state index >= 15 is 0 Å². The molecule has 0 aliphatic rings. The van der Waals surface area contributed by atoms with E-state index in [1.165, 1.54) is 0 Å². The van der Waals surface area contributed by atoms with Crippen molar-refractivity contribution in [2.45, 2.75) is 19.3 Å². The smallest absolute Gasteiger partial charge is 0.227 e. The quantitative estimate of drug-likeness (QED) is 0.832. The van der Waals surface area contributed by atoms with Crippen LogP contribution in [-0.4, -0.2) is 12.5 Å². The standard InChI is InChI=1S/C17H19ClN2O/c1-12(14-5-3-7-16(19)11-14)17(21)20-9-8-13-4-2-6-15(18)10-13/h2-7,10-12H,8-9,19H2,1H3,(H,20,21). The maximum Gasteiger partial charge on any atom is 0.227 e. The van der Waals surface area contributed by atoms with Crippen LogP contribution in [0.1, 0.15) is 24.0 Å². The molecular formula is C17H19ClN2O. The molecule has 0 aliphatic carbocycles. The van der Waals surface area contributed by atoms with Crippen LogP contribution in [0.15, 0.2) is 48.5 Å². The summed E-state index contributed by atoms with van der Waals surface area (Å²) in [6.07, 6.45) is 0.760. The molecule has 0 saturated heterocycles. The molecule has 2 rings (SSSR count). The van der Waals surface area contributed by atoms with Gasteiger partial charge in [-0.3, -0.25) is 4.79 Å². The van der Waals surface area contributed by atoms with Crippen molar-refractivity contribution in [3.8, 4) is 0 Å². The molecule has 0 fully saturated rings. The highest BCUT2D eigenvalue weighted by Gasteiger charge is 2.14. The maximum absolute atomic E-state index is 12.1. The largest absolute Gasteiger partial charge is 0.399 e. The lowest BCUT2D eigenvalue weighted by Crippen LogP contribution is -2.29. The first-order valence-corrected chi connectivity index (χ1v) is 7.31. The van der Waals surface area contributed by atoms with Crippen molar-refractivity contribution in [3.63, 3.8) is 0 Å². The molecule has 4 heteroatoms. The van der Waals surface area contributed by atoms with Crippen molar-refractivity contribution >= 4 is 23.2 Å². The van der Waals surface area contributed by atoms with Crippen molar-refractivity contribution in [3.05, 3.63) is 64.7 Å². The topological polar surface area (TPSA) is 55.1 Å². The first-order valence-electron chi connectivity index (χ1n) is 6.94. The van der Waals surface area contributed by atoms with Crippen molar-refractivity contribution in [1.29, 1.82) is 0 Å². The second-order valence-corrected chi connectivity index (χ2v) is 5.50. The third-order valence-electron chi connectivity index (χ3n) is 3.41.